The Morgan fingerprint density at radius 2 is 2.06 bits per heavy atom. The minimum atomic E-state index is -0.473. The predicted molar refractivity (Wildman–Crippen MR) is 68.8 cm³/mol. The van der Waals surface area contributed by atoms with Crippen LogP contribution in [-0.2, 0) is 13.6 Å². The molecule has 3 N–H and O–H groups in total. The lowest BCUT2D eigenvalue weighted by atomic mass is 10.2. The Bertz CT molecular complexity index is 700. The van der Waals surface area contributed by atoms with Crippen molar-refractivity contribution in [3.63, 3.8) is 0 Å². The molecule has 0 bridgehead atoms. The van der Waals surface area contributed by atoms with Crippen LogP contribution in [0, 0.1) is 0 Å². The van der Waals surface area contributed by atoms with Gasteiger partial charge in [0.25, 0.3) is 5.56 Å². The maximum Gasteiger partial charge on any atom is 0.331 e. The Kier molecular flexibility index (Phi) is 3.20. The van der Waals surface area contributed by atoms with Gasteiger partial charge in [0.15, 0.2) is 0 Å². The van der Waals surface area contributed by atoms with Gasteiger partial charge < -0.3 is 10.8 Å². The molecule has 6 heteroatoms. The van der Waals surface area contributed by atoms with E-state index in [1.54, 1.807) is 19.2 Å². The Labute approximate surface area is 103 Å². The van der Waals surface area contributed by atoms with Crippen molar-refractivity contribution in [1.29, 1.82) is 0 Å². The van der Waals surface area contributed by atoms with Crippen molar-refractivity contribution >= 4 is 10.9 Å². The van der Waals surface area contributed by atoms with Gasteiger partial charge in [-0.3, -0.25) is 13.9 Å². The minimum absolute atomic E-state index is 0.116. The fourth-order valence-electron chi connectivity index (χ4n) is 1.98. The van der Waals surface area contributed by atoms with E-state index in [9.17, 15) is 14.7 Å². The standard InChI is InChI=1S/C12H15N3O3/c1-14-8-4-2-5-9(16)10(8)11(17)15(12(14)18)7-3-6-13/h2,4-5,16H,3,6-7,13H2,1H3. The smallest absolute Gasteiger partial charge is 0.331 e. The van der Waals surface area contributed by atoms with Crippen LogP contribution in [0.1, 0.15) is 6.42 Å². The molecule has 0 aliphatic rings. The molecule has 0 aliphatic carbocycles. The lowest BCUT2D eigenvalue weighted by Crippen LogP contribution is -2.39. The first-order valence-corrected chi connectivity index (χ1v) is 5.69. The fraction of sp³-hybridized carbons (Fsp3) is 0.333. The first kappa shape index (κ1) is 12.4. The van der Waals surface area contributed by atoms with Gasteiger partial charge in [0.1, 0.15) is 11.1 Å². The number of phenols is 1. The number of phenolic OH excluding ortho intramolecular Hbond substituents is 1. The summed E-state index contributed by atoms with van der Waals surface area (Å²) in [5.74, 6) is -0.116. The quantitative estimate of drug-likeness (QED) is 0.785. The number of aryl methyl sites for hydroxylation is 1. The van der Waals surface area contributed by atoms with Gasteiger partial charge in [0.05, 0.1) is 5.52 Å². The molecule has 2 rings (SSSR count). The summed E-state index contributed by atoms with van der Waals surface area (Å²) < 4.78 is 2.46. The Balaban J connectivity index is 2.86. The monoisotopic (exact) mass is 249 g/mol. The molecule has 0 fully saturated rings. The molecule has 6 nitrogen and oxygen atoms in total. The summed E-state index contributed by atoms with van der Waals surface area (Å²) in [5.41, 5.74) is 4.94. The molecule has 0 aliphatic heterocycles. The summed E-state index contributed by atoms with van der Waals surface area (Å²) >= 11 is 0. The molecule has 18 heavy (non-hydrogen) atoms. The normalized spacial score (nSPS) is 11.0. The van der Waals surface area contributed by atoms with Crippen LogP contribution in [0.2, 0.25) is 0 Å². The zero-order valence-corrected chi connectivity index (χ0v) is 10.1. The summed E-state index contributed by atoms with van der Waals surface area (Å²) in [4.78, 5) is 24.2. The third kappa shape index (κ3) is 1.80. The van der Waals surface area contributed by atoms with E-state index < -0.39 is 11.2 Å². The number of aromatic nitrogens is 2. The van der Waals surface area contributed by atoms with Crippen LogP contribution in [-0.4, -0.2) is 20.8 Å². The molecule has 0 saturated heterocycles. The van der Waals surface area contributed by atoms with Crippen LogP contribution in [0.5, 0.6) is 5.75 Å². The first-order valence-electron chi connectivity index (χ1n) is 5.69. The van der Waals surface area contributed by atoms with Gasteiger partial charge in [-0.1, -0.05) is 6.07 Å². The lowest BCUT2D eigenvalue weighted by molar-refractivity contribution is 0.479. The summed E-state index contributed by atoms with van der Waals surface area (Å²) in [5, 5.41) is 9.93. The molecule has 0 amide bonds. The zero-order valence-electron chi connectivity index (χ0n) is 10.1. The van der Waals surface area contributed by atoms with Crippen LogP contribution in [0.4, 0.5) is 0 Å². The third-order valence-corrected chi connectivity index (χ3v) is 2.94. The van der Waals surface area contributed by atoms with E-state index in [1.807, 2.05) is 0 Å². The number of fused-ring (bicyclic) bond motifs is 1. The van der Waals surface area contributed by atoms with Crippen LogP contribution in [0.25, 0.3) is 10.9 Å². The lowest BCUT2D eigenvalue weighted by Gasteiger charge is -2.10. The molecule has 0 unspecified atom stereocenters. The average Bonchev–Trinajstić information content (AvgIpc) is 2.36. The highest BCUT2D eigenvalue weighted by Crippen LogP contribution is 2.18. The van der Waals surface area contributed by atoms with Crippen molar-refractivity contribution in [3.8, 4) is 5.75 Å². The largest absolute Gasteiger partial charge is 0.507 e. The SMILES string of the molecule is Cn1c(=O)n(CCCN)c(=O)c2c(O)cccc21. The number of nitrogens with two attached hydrogens (primary N) is 1. The average molecular weight is 249 g/mol. The van der Waals surface area contributed by atoms with E-state index >= 15 is 0 Å². The number of benzene rings is 1. The number of nitrogens with zero attached hydrogens (tertiary/aromatic N) is 2. The van der Waals surface area contributed by atoms with Gasteiger partial charge in [0, 0.05) is 13.6 Å². The van der Waals surface area contributed by atoms with Gasteiger partial charge in [-0.05, 0) is 25.1 Å². The Morgan fingerprint density at radius 3 is 2.72 bits per heavy atom. The molecule has 0 spiro atoms. The number of hydrogen-bond acceptors (Lipinski definition) is 4. The molecular weight excluding hydrogens is 234 g/mol. The van der Waals surface area contributed by atoms with Crippen molar-refractivity contribution in [3.05, 3.63) is 39.0 Å². The van der Waals surface area contributed by atoms with E-state index in [4.69, 9.17) is 5.73 Å². The maximum absolute atomic E-state index is 12.2. The van der Waals surface area contributed by atoms with Crippen LogP contribution in [0.3, 0.4) is 0 Å². The highest BCUT2D eigenvalue weighted by Gasteiger charge is 2.13. The Morgan fingerprint density at radius 1 is 1.33 bits per heavy atom. The predicted octanol–water partition coefficient (Wildman–Crippen LogP) is -0.245. The summed E-state index contributed by atoms with van der Waals surface area (Å²) in [7, 11) is 1.57. The number of hydrogen-bond donors (Lipinski definition) is 2. The summed E-state index contributed by atoms with van der Waals surface area (Å²) in [6.45, 7) is 0.653. The topological polar surface area (TPSA) is 90.3 Å². The van der Waals surface area contributed by atoms with E-state index in [1.165, 1.54) is 10.6 Å². The van der Waals surface area contributed by atoms with E-state index in [-0.39, 0.29) is 17.7 Å². The van der Waals surface area contributed by atoms with Crippen LogP contribution in [0.15, 0.2) is 27.8 Å². The zero-order chi connectivity index (χ0) is 13.3. The molecular formula is C12H15N3O3. The molecule has 1 heterocycles. The van der Waals surface area contributed by atoms with Gasteiger partial charge in [-0.2, -0.15) is 0 Å². The van der Waals surface area contributed by atoms with Crippen molar-refractivity contribution in [1.82, 2.24) is 9.13 Å². The van der Waals surface area contributed by atoms with Crippen LogP contribution < -0.4 is 17.0 Å². The van der Waals surface area contributed by atoms with Gasteiger partial charge in [-0.25, -0.2) is 4.79 Å². The third-order valence-electron chi connectivity index (χ3n) is 2.94. The number of aromatic hydroxyl groups is 1. The second-order valence-electron chi connectivity index (χ2n) is 4.11. The highest BCUT2D eigenvalue weighted by atomic mass is 16.3. The summed E-state index contributed by atoms with van der Waals surface area (Å²) in [6.07, 6.45) is 0.536. The van der Waals surface area contributed by atoms with E-state index in [2.05, 4.69) is 0 Å². The first-order chi connectivity index (χ1) is 8.57. The van der Waals surface area contributed by atoms with Gasteiger partial charge >= 0.3 is 5.69 Å². The molecule has 96 valence electrons. The van der Waals surface area contributed by atoms with Crippen molar-refractivity contribution in [2.75, 3.05) is 6.54 Å². The molecule has 2 aromatic rings. The highest BCUT2D eigenvalue weighted by molar-refractivity contribution is 5.84. The number of rotatable bonds is 3. The van der Waals surface area contributed by atoms with Crippen molar-refractivity contribution in [2.24, 2.45) is 12.8 Å². The van der Waals surface area contributed by atoms with E-state index in [0.29, 0.717) is 18.5 Å². The fourth-order valence-corrected chi connectivity index (χ4v) is 1.98. The van der Waals surface area contributed by atoms with Crippen molar-refractivity contribution < 1.29 is 5.11 Å². The molecule has 0 saturated carbocycles. The Hall–Kier alpha value is -2.08. The molecule has 0 atom stereocenters. The second kappa shape index (κ2) is 4.66. The minimum Gasteiger partial charge on any atom is -0.507 e. The van der Waals surface area contributed by atoms with Crippen molar-refractivity contribution in [2.45, 2.75) is 13.0 Å². The molecule has 1 aromatic carbocycles. The van der Waals surface area contributed by atoms with E-state index in [0.717, 1.165) is 4.57 Å². The molecule has 1 aromatic heterocycles. The van der Waals surface area contributed by atoms with Crippen LogP contribution >= 0.6 is 0 Å². The summed E-state index contributed by atoms with van der Waals surface area (Å²) in [6, 6.07) is 4.66. The maximum atomic E-state index is 12.2. The van der Waals surface area contributed by atoms with Gasteiger partial charge in [0.2, 0.25) is 0 Å². The van der Waals surface area contributed by atoms with Gasteiger partial charge in [-0.15, -0.1) is 0 Å². The molecule has 0 radical (unpaired) electrons. The second-order valence-corrected chi connectivity index (χ2v) is 4.11.